The van der Waals surface area contributed by atoms with Crippen LogP contribution in [0.15, 0.2) is 48.5 Å². The van der Waals surface area contributed by atoms with Gasteiger partial charge in [-0.3, -0.25) is 13.9 Å². The molecule has 2 aromatic carbocycles. The van der Waals surface area contributed by atoms with E-state index in [0.29, 0.717) is 16.5 Å². The molecular weight excluding hydrogens is 514 g/mol. The number of benzene rings is 2. The molecule has 2 aromatic rings. The SMILES string of the molecule is COc1ccccc1N(CCCC(=O)N(Cc1cccc(Cl)c1)C(C)C(=O)NC1CCCC1)S(C)(=O)=O. The van der Waals surface area contributed by atoms with Gasteiger partial charge >= 0.3 is 0 Å². The molecule has 10 heteroatoms. The Hall–Kier alpha value is -2.78. The molecule has 1 unspecified atom stereocenters. The smallest absolute Gasteiger partial charge is 0.242 e. The Balaban J connectivity index is 1.74. The lowest BCUT2D eigenvalue weighted by molar-refractivity contribution is -0.141. The Morgan fingerprint density at radius 1 is 1.14 bits per heavy atom. The Morgan fingerprint density at radius 3 is 2.49 bits per heavy atom. The van der Waals surface area contributed by atoms with Crippen molar-refractivity contribution in [3.05, 3.63) is 59.1 Å². The van der Waals surface area contributed by atoms with Crippen LogP contribution < -0.4 is 14.4 Å². The fraction of sp³-hybridized carbons (Fsp3) is 0.481. The Morgan fingerprint density at radius 2 is 1.84 bits per heavy atom. The average molecular weight is 550 g/mol. The van der Waals surface area contributed by atoms with Crippen molar-refractivity contribution in [3.8, 4) is 5.75 Å². The van der Waals surface area contributed by atoms with Crippen molar-refractivity contribution < 1.29 is 22.7 Å². The van der Waals surface area contributed by atoms with Crippen LogP contribution in [0.3, 0.4) is 0 Å². The number of methoxy groups -OCH3 is 1. The van der Waals surface area contributed by atoms with Crippen molar-refractivity contribution in [3.63, 3.8) is 0 Å². The van der Waals surface area contributed by atoms with E-state index >= 15 is 0 Å². The van der Waals surface area contributed by atoms with E-state index in [1.54, 1.807) is 54.3 Å². The number of nitrogens with one attached hydrogen (secondary N) is 1. The van der Waals surface area contributed by atoms with Gasteiger partial charge in [0.15, 0.2) is 0 Å². The van der Waals surface area contributed by atoms with E-state index in [0.717, 1.165) is 37.5 Å². The molecule has 1 atom stereocenters. The number of anilines is 1. The maximum atomic E-state index is 13.4. The molecule has 202 valence electrons. The quantitative estimate of drug-likeness (QED) is 0.424. The van der Waals surface area contributed by atoms with Crippen LogP contribution in [-0.2, 0) is 26.2 Å². The molecule has 2 amide bonds. The van der Waals surface area contributed by atoms with Gasteiger partial charge in [-0.2, -0.15) is 0 Å². The van der Waals surface area contributed by atoms with Gasteiger partial charge in [-0.15, -0.1) is 0 Å². The third-order valence-electron chi connectivity index (χ3n) is 6.62. The monoisotopic (exact) mass is 549 g/mol. The zero-order valence-electron chi connectivity index (χ0n) is 21.7. The Kier molecular flexibility index (Phi) is 10.2. The third kappa shape index (κ3) is 8.10. The highest BCUT2D eigenvalue weighted by molar-refractivity contribution is 7.92. The summed E-state index contributed by atoms with van der Waals surface area (Å²) in [5.41, 5.74) is 1.23. The summed E-state index contributed by atoms with van der Waals surface area (Å²) in [6, 6.07) is 13.5. The molecule has 0 bridgehead atoms. The molecule has 37 heavy (non-hydrogen) atoms. The summed E-state index contributed by atoms with van der Waals surface area (Å²) in [6.45, 7) is 2.05. The first-order valence-electron chi connectivity index (χ1n) is 12.5. The molecule has 0 aliphatic heterocycles. The molecule has 0 heterocycles. The molecule has 0 radical (unpaired) electrons. The first kappa shape index (κ1) is 28.8. The molecule has 0 saturated heterocycles. The molecule has 3 rings (SSSR count). The molecule has 1 aliphatic carbocycles. The summed E-state index contributed by atoms with van der Waals surface area (Å²) in [4.78, 5) is 28.0. The molecule has 1 aliphatic rings. The highest BCUT2D eigenvalue weighted by Crippen LogP contribution is 2.30. The van der Waals surface area contributed by atoms with Gasteiger partial charge in [0.25, 0.3) is 0 Å². The highest BCUT2D eigenvalue weighted by Gasteiger charge is 2.29. The normalized spacial score (nSPS) is 14.7. The van der Waals surface area contributed by atoms with E-state index in [9.17, 15) is 18.0 Å². The molecule has 0 spiro atoms. The Labute approximate surface area is 225 Å². The summed E-state index contributed by atoms with van der Waals surface area (Å²) < 4.78 is 31.7. The number of hydrogen-bond donors (Lipinski definition) is 1. The number of halogens is 1. The number of amides is 2. The maximum absolute atomic E-state index is 13.4. The van der Waals surface area contributed by atoms with Crippen LogP contribution in [0.5, 0.6) is 5.75 Å². The van der Waals surface area contributed by atoms with E-state index in [2.05, 4.69) is 5.32 Å². The number of carbonyl (C=O) groups excluding carboxylic acids is 2. The van der Waals surface area contributed by atoms with Crippen LogP contribution in [0.1, 0.15) is 51.0 Å². The van der Waals surface area contributed by atoms with E-state index in [1.165, 1.54) is 11.4 Å². The van der Waals surface area contributed by atoms with Gasteiger partial charge in [-0.25, -0.2) is 8.42 Å². The zero-order valence-corrected chi connectivity index (χ0v) is 23.2. The van der Waals surface area contributed by atoms with E-state index < -0.39 is 16.1 Å². The molecule has 1 fully saturated rings. The lowest BCUT2D eigenvalue weighted by Gasteiger charge is -2.30. The molecule has 1 saturated carbocycles. The molecule has 1 N–H and O–H groups in total. The van der Waals surface area contributed by atoms with Crippen LogP contribution in [-0.4, -0.2) is 57.1 Å². The highest BCUT2D eigenvalue weighted by atomic mass is 35.5. The predicted octanol–water partition coefficient (Wildman–Crippen LogP) is 4.37. The average Bonchev–Trinajstić information content (AvgIpc) is 3.37. The third-order valence-corrected chi connectivity index (χ3v) is 8.03. The van der Waals surface area contributed by atoms with Gasteiger partial charge < -0.3 is 15.0 Å². The van der Waals surface area contributed by atoms with Gasteiger partial charge in [0.1, 0.15) is 11.8 Å². The summed E-state index contributed by atoms with van der Waals surface area (Å²) >= 11 is 6.15. The van der Waals surface area contributed by atoms with Crippen LogP contribution >= 0.6 is 11.6 Å². The summed E-state index contributed by atoms with van der Waals surface area (Å²) in [7, 11) is -2.13. The molecule has 0 aromatic heterocycles. The van der Waals surface area contributed by atoms with Crippen molar-refractivity contribution in [2.45, 2.75) is 64.1 Å². The lowest BCUT2D eigenvalue weighted by atomic mass is 10.1. The van der Waals surface area contributed by atoms with Crippen molar-refractivity contribution in [2.75, 3.05) is 24.2 Å². The van der Waals surface area contributed by atoms with Gasteiger partial charge in [-0.1, -0.05) is 48.7 Å². The van der Waals surface area contributed by atoms with Crippen LogP contribution in [0.2, 0.25) is 5.02 Å². The topological polar surface area (TPSA) is 96.0 Å². The predicted molar refractivity (Wildman–Crippen MR) is 146 cm³/mol. The van der Waals surface area contributed by atoms with Gasteiger partial charge in [-0.05, 0) is 56.0 Å². The number of ether oxygens (including phenoxy) is 1. The number of sulfonamides is 1. The maximum Gasteiger partial charge on any atom is 0.242 e. The first-order chi connectivity index (χ1) is 17.6. The largest absolute Gasteiger partial charge is 0.495 e. The zero-order chi connectivity index (χ0) is 27.0. The molecular formula is C27H36ClN3O5S. The van der Waals surface area contributed by atoms with E-state index in [-0.39, 0.29) is 43.8 Å². The number of carbonyl (C=O) groups is 2. The van der Waals surface area contributed by atoms with Gasteiger partial charge in [0, 0.05) is 30.6 Å². The van der Waals surface area contributed by atoms with E-state index in [1.807, 2.05) is 6.07 Å². The first-order valence-corrected chi connectivity index (χ1v) is 14.8. The van der Waals surface area contributed by atoms with Gasteiger partial charge in [0.05, 0.1) is 19.1 Å². The standard InChI is InChI=1S/C27H36ClN3O5S/c1-20(27(33)29-23-12-4-5-13-23)30(19-21-10-8-11-22(28)18-21)26(32)16-9-17-31(37(3,34)35)24-14-6-7-15-25(24)36-2/h6-8,10-11,14-15,18,20,23H,4-5,9,12-13,16-17,19H2,1-3H3,(H,29,33). The van der Waals surface area contributed by atoms with Crippen LogP contribution in [0.4, 0.5) is 5.69 Å². The van der Waals surface area contributed by atoms with Crippen molar-refractivity contribution in [1.82, 2.24) is 10.2 Å². The number of nitrogens with zero attached hydrogens (tertiary/aromatic N) is 2. The minimum atomic E-state index is -3.62. The van der Waals surface area contributed by atoms with Gasteiger partial charge in [0.2, 0.25) is 21.8 Å². The lowest BCUT2D eigenvalue weighted by Crippen LogP contribution is -2.49. The number of para-hydroxylation sites is 2. The molecule has 8 nitrogen and oxygen atoms in total. The van der Waals surface area contributed by atoms with Crippen molar-refractivity contribution in [1.29, 1.82) is 0 Å². The minimum absolute atomic E-state index is 0.0722. The van der Waals surface area contributed by atoms with Crippen LogP contribution in [0, 0.1) is 0 Å². The number of hydrogen-bond acceptors (Lipinski definition) is 5. The van der Waals surface area contributed by atoms with E-state index in [4.69, 9.17) is 16.3 Å². The van der Waals surface area contributed by atoms with Crippen molar-refractivity contribution in [2.24, 2.45) is 0 Å². The second-order valence-corrected chi connectivity index (χ2v) is 11.8. The second kappa shape index (κ2) is 13.1. The summed E-state index contributed by atoms with van der Waals surface area (Å²) in [5, 5.41) is 3.63. The fourth-order valence-electron chi connectivity index (χ4n) is 4.62. The second-order valence-electron chi connectivity index (χ2n) is 9.43. The summed E-state index contributed by atoms with van der Waals surface area (Å²) in [6.07, 6.45) is 5.55. The Bertz CT molecular complexity index is 1180. The fourth-order valence-corrected chi connectivity index (χ4v) is 5.81. The van der Waals surface area contributed by atoms with Crippen LogP contribution in [0.25, 0.3) is 0 Å². The minimum Gasteiger partial charge on any atom is -0.495 e. The number of rotatable bonds is 12. The summed E-state index contributed by atoms with van der Waals surface area (Å²) in [5.74, 6) is 0.00984. The van der Waals surface area contributed by atoms with Crippen molar-refractivity contribution >= 4 is 39.1 Å².